The summed E-state index contributed by atoms with van der Waals surface area (Å²) >= 11 is 0. The van der Waals surface area contributed by atoms with Gasteiger partial charge in [0.15, 0.2) is 5.69 Å². The number of hydrogen-bond donors (Lipinski definition) is 1. The van der Waals surface area contributed by atoms with E-state index in [0.717, 1.165) is 5.56 Å². The first kappa shape index (κ1) is 16.0. The minimum atomic E-state index is -1.58. The Labute approximate surface area is 128 Å². The van der Waals surface area contributed by atoms with Gasteiger partial charge in [-0.25, -0.2) is 9.18 Å². The summed E-state index contributed by atoms with van der Waals surface area (Å²) in [4.78, 5) is 11.1. The van der Waals surface area contributed by atoms with Gasteiger partial charge in [0.2, 0.25) is 0 Å². The number of rotatable bonds is 4. The van der Waals surface area contributed by atoms with Crippen LogP contribution < -0.4 is 4.74 Å². The number of carboxylic acids is 1. The van der Waals surface area contributed by atoms with Gasteiger partial charge in [0.05, 0.1) is 12.8 Å². The molecule has 118 valence electrons. The normalized spacial score (nSPS) is 11.5. The monoisotopic (exact) mass is 306 g/mol. The Morgan fingerprint density at radius 2 is 2.05 bits per heavy atom. The predicted molar refractivity (Wildman–Crippen MR) is 81.0 cm³/mol. The van der Waals surface area contributed by atoms with Crippen molar-refractivity contribution in [2.24, 2.45) is 7.05 Å². The Hall–Kier alpha value is -2.37. The maximum atomic E-state index is 14.4. The highest BCUT2D eigenvalue weighted by atomic mass is 19.1. The molecule has 1 N–H and O–H groups in total. The van der Waals surface area contributed by atoms with Crippen molar-refractivity contribution >= 4 is 5.97 Å². The van der Waals surface area contributed by atoms with Gasteiger partial charge in [-0.2, -0.15) is 5.10 Å². The van der Waals surface area contributed by atoms with Crippen LogP contribution in [0.1, 0.15) is 35.5 Å². The molecule has 0 aliphatic carbocycles. The van der Waals surface area contributed by atoms with E-state index in [1.807, 2.05) is 6.92 Å². The fourth-order valence-corrected chi connectivity index (χ4v) is 2.49. The lowest BCUT2D eigenvalue weighted by Gasteiger charge is -2.22. The highest BCUT2D eigenvalue weighted by molar-refractivity contribution is 5.88. The number of nitrogens with zero attached hydrogens (tertiary/aromatic N) is 2. The summed E-state index contributed by atoms with van der Waals surface area (Å²) in [5.74, 6) is -0.715. The highest BCUT2D eigenvalue weighted by Crippen LogP contribution is 2.41. The van der Waals surface area contributed by atoms with Gasteiger partial charge in [-0.05, 0) is 32.4 Å². The van der Waals surface area contributed by atoms with E-state index < -0.39 is 11.6 Å². The van der Waals surface area contributed by atoms with Crippen LogP contribution in [0.4, 0.5) is 4.39 Å². The van der Waals surface area contributed by atoms with Crippen molar-refractivity contribution in [2.75, 3.05) is 7.11 Å². The zero-order valence-electron chi connectivity index (χ0n) is 13.3. The summed E-state index contributed by atoms with van der Waals surface area (Å²) in [6.45, 7) is 4.77. The number of hydrogen-bond acceptors (Lipinski definition) is 3. The van der Waals surface area contributed by atoms with Gasteiger partial charge < -0.3 is 9.84 Å². The fourth-order valence-electron chi connectivity index (χ4n) is 2.49. The number of halogens is 1. The van der Waals surface area contributed by atoms with E-state index in [-0.39, 0.29) is 5.69 Å². The SMILES string of the molecule is COc1c(C(C)(C)F)ccc(C)c1-c1cc(C(=O)O)nn1C. The Morgan fingerprint density at radius 3 is 2.50 bits per heavy atom. The third kappa shape index (κ3) is 2.68. The van der Waals surface area contributed by atoms with E-state index in [1.165, 1.54) is 31.7 Å². The minimum absolute atomic E-state index is 0.0659. The lowest BCUT2D eigenvalue weighted by Crippen LogP contribution is -2.12. The van der Waals surface area contributed by atoms with Gasteiger partial charge in [0.1, 0.15) is 11.4 Å². The van der Waals surface area contributed by atoms with Crippen molar-refractivity contribution in [1.82, 2.24) is 9.78 Å². The van der Waals surface area contributed by atoms with Gasteiger partial charge >= 0.3 is 5.97 Å². The third-order valence-electron chi connectivity index (χ3n) is 3.57. The predicted octanol–water partition coefficient (Wildman–Crippen LogP) is 3.31. The van der Waals surface area contributed by atoms with E-state index >= 15 is 0 Å². The largest absolute Gasteiger partial charge is 0.496 e. The zero-order chi connectivity index (χ0) is 16.7. The molecule has 2 rings (SSSR count). The van der Waals surface area contributed by atoms with Crippen molar-refractivity contribution in [2.45, 2.75) is 26.4 Å². The smallest absolute Gasteiger partial charge is 0.356 e. The molecule has 0 spiro atoms. The van der Waals surface area contributed by atoms with Crippen LogP contribution in [0.2, 0.25) is 0 Å². The molecule has 1 aromatic heterocycles. The number of alkyl halides is 1. The molecule has 6 heteroatoms. The highest BCUT2D eigenvalue weighted by Gasteiger charge is 2.28. The summed E-state index contributed by atoms with van der Waals surface area (Å²) < 4.78 is 21.3. The number of benzene rings is 1. The molecule has 0 atom stereocenters. The fraction of sp³-hybridized carbons (Fsp3) is 0.375. The molecule has 0 amide bonds. The molecule has 0 saturated heterocycles. The van der Waals surface area contributed by atoms with E-state index in [4.69, 9.17) is 9.84 Å². The molecule has 0 unspecified atom stereocenters. The minimum Gasteiger partial charge on any atom is -0.496 e. The molecule has 2 aromatic rings. The van der Waals surface area contributed by atoms with Gasteiger partial charge in [-0.15, -0.1) is 0 Å². The third-order valence-corrected chi connectivity index (χ3v) is 3.57. The van der Waals surface area contributed by atoms with Crippen LogP contribution in [0, 0.1) is 6.92 Å². The van der Waals surface area contributed by atoms with E-state index in [9.17, 15) is 9.18 Å². The maximum Gasteiger partial charge on any atom is 0.356 e. The van der Waals surface area contributed by atoms with Gasteiger partial charge in [0, 0.05) is 18.2 Å². The molecule has 5 nitrogen and oxygen atoms in total. The Kier molecular flexibility index (Phi) is 3.96. The quantitative estimate of drug-likeness (QED) is 0.941. The zero-order valence-corrected chi connectivity index (χ0v) is 13.3. The number of ether oxygens (including phenoxy) is 1. The summed E-state index contributed by atoms with van der Waals surface area (Å²) in [5, 5.41) is 13.0. The Bertz CT molecular complexity index is 730. The summed E-state index contributed by atoms with van der Waals surface area (Å²) in [6, 6.07) is 4.94. The number of methoxy groups -OCH3 is 1. The molecule has 0 saturated carbocycles. The van der Waals surface area contributed by atoms with Crippen molar-refractivity contribution in [1.29, 1.82) is 0 Å². The standard InChI is InChI=1S/C16H19FN2O3/c1-9-6-7-10(16(2,3)17)14(22-5)13(9)12-8-11(15(20)21)18-19(12)4/h6-8H,1-5H3,(H,20,21). The van der Waals surface area contributed by atoms with Crippen LogP contribution in [0.3, 0.4) is 0 Å². The van der Waals surface area contributed by atoms with Crippen LogP contribution in [-0.2, 0) is 12.7 Å². The average Bonchev–Trinajstić information content (AvgIpc) is 2.78. The summed E-state index contributed by atoms with van der Waals surface area (Å²) in [6.07, 6.45) is 0. The van der Waals surface area contributed by atoms with E-state index in [2.05, 4.69) is 5.10 Å². The number of aromatic nitrogens is 2. The average molecular weight is 306 g/mol. The summed E-state index contributed by atoms with van der Waals surface area (Å²) in [5.41, 5.74) is 0.829. The lowest BCUT2D eigenvalue weighted by molar-refractivity contribution is 0.0689. The first-order valence-corrected chi connectivity index (χ1v) is 6.81. The maximum absolute atomic E-state index is 14.4. The lowest BCUT2D eigenvalue weighted by atomic mass is 9.92. The second-order valence-electron chi connectivity index (χ2n) is 5.65. The van der Waals surface area contributed by atoms with Crippen LogP contribution in [0.25, 0.3) is 11.3 Å². The number of carbonyl (C=O) groups is 1. The Morgan fingerprint density at radius 1 is 1.41 bits per heavy atom. The van der Waals surface area contributed by atoms with Crippen LogP contribution in [-0.4, -0.2) is 28.0 Å². The summed E-state index contributed by atoms with van der Waals surface area (Å²) in [7, 11) is 3.12. The van der Waals surface area contributed by atoms with E-state index in [0.29, 0.717) is 22.6 Å². The first-order valence-electron chi connectivity index (χ1n) is 6.81. The molecular formula is C16H19FN2O3. The molecule has 1 aromatic carbocycles. The number of aryl methyl sites for hydroxylation is 2. The number of aromatic carboxylic acids is 1. The van der Waals surface area contributed by atoms with Crippen LogP contribution >= 0.6 is 0 Å². The topological polar surface area (TPSA) is 64.3 Å². The van der Waals surface area contributed by atoms with Gasteiger partial charge in [-0.1, -0.05) is 12.1 Å². The van der Waals surface area contributed by atoms with E-state index in [1.54, 1.807) is 19.2 Å². The van der Waals surface area contributed by atoms with Crippen LogP contribution in [0.5, 0.6) is 5.75 Å². The van der Waals surface area contributed by atoms with Crippen molar-refractivity contribution in [3.63, 3.8) is 0 Å². The van der Waals surface area contributed by atoms with Gasteiger partial charge in [-0.3, -0.25) is 4.68 Å². The van der Waals surface area contributed by atoms with Crippen molar-refractivity contribution in [3.05, 3.63) is 35.0 Å². The first-order chi connectivity index (χ1) is 10.2. The van der Waals surface area contributed by atoms with Gasteiger partial charge in [0.25, 0.3) is 0 Å². The van der Waals surface area contributed by atoms with Crippen molar-refractivity contribution < 1.29 is 19.0 Å². The second-order valence-corrected chi connectivity index (χ2v) is 5.65. The molecular weight excluding hydrogens is 287 g/mol. The van der Waals surface area contributed by atoms with Crippen molar-refractivity contribution in [3.8, 4) is 17.0 Å². The molecule has 0 aliphatic heterocycles. The molecule has 1 heterocycles. The number of carboxylic acid groups (broad SMARTS) is 1. The second kappa shape index (κ2) is 5.44. The molecule has 0 radical (unpaired) electrons. The molecule has 0 bridgehead atoms. The molecule has 0 aliphatic rings. The molecule has 22 heavy (non-hydrogen) atoms. The Balaban J connectivity index is 2.77. The molecule has 0 fully saturated rings. The van der Waals surface area contributed by atoms with Crippen LogP contribution in [0.15, 0.2) is 18.2 Å².